The van der Waals surface area contributed by atoms with Gasteiger partial charge in [0.25, 0.3) is 5.91 Å². The van der Waals surface area contributed by atoms with Gasteiger partial charge in [0.15, 0.2) is 20.3 Å². The zero-order chi connectivity index (χ0) is 20.3. The lowest BCUT2D eigenvalue weighted by atomic mass is 10.3. The number of carbonyl (C=O) groups excluding carboxylic acids is 1. The predicted octanol–water partition coefficient (Wildman–Crippen LogP) is 2.10. The Bertz CT molecular complexity index is 1170. The third-order valence-corrected chi connectivity index (χ3v) is 6.28. The minimum Gasteiger partial charge on any atom is -0.380 e. The molecule has 2 aromatic heterocycles. The summed E-state index contributed by atoms with van der Waals surface area (Å²) in [7, 11) is -3.32. The van der Waals surface area contributed by atoms with Crippen molar-refractivity contribution in [3.05, 3.63) is 41.0 Å². The van der Waals surface area contributed by atoms with E-state index in [1.807, 2.05) is 18.4 Å². The molecule has 3 rings (SSSR count). The highest BCUT2D eigenvalue weighted by Gasteiger charge is 2.14. The van der Waals surface area contributed by atoms with Gasteiger partial charge in [0.05, 0.1) is 21.7 Å². The zero-order valence-corrected chi connectivity index (χ0v) is 17.6. The smallest absolute Gasteiger partial charge is 0.300 e. The zero-order valence-electron chi connectivity index (χ0n) is 16.0. The fourth-order valence-electron chi connectivity index (χ4n) is 2.68. The number of carbonyl (C=O) groups is 1. The SMILES string of the molecule is CCOCCn1c(=NC(=O)c2ccn(CC)n2)sc2cc(S(C)(=O)=O)ccc21. The molecule has 0 aliphatic carbocycles. The van der Waals surface area contributed by atoms with Gasteiger partial charge < -0.3 is 9.30 Å². The summed E-state index contributed by atoms with van der Waals surface area (Å²) in [5.41, 5.74) is 1.08. The van der Waals surface area contributed by atoms with Crippen LogP contribution in [0.3, 0.4) is 0 Å². The van der Waals surface area contributed by atoms with E-state index in [1.165, 1.54) is 17.6 Å². The first-order valence-corrected chi connectivity index (χ1v) is 11.6. The largest absolute Gasteiger partial charge is 0.380 e. The van der Waals surface area contributed by atoms with Crippen LogP contribution in [-0.2, 0) is 27.7 Å². The number of thiazole rings is 1. The third kappa shape index (κ3) is 4.40. The monoisotopic (exact) mass is 422 g/mol. The van der Waals surface area contributed by atoms with Crippen LogP contribution in [-0.4, -0.2) is 48.1 Å². The molecule has 0 saturated heterocycles. The number of fused-ring (bicyclic) bond motifs is 1. The van der Waals surface area contributed by atoms with Gasteiger partial charge in [0, 0.05) is 32.1 Å². The van der Waals surface area contributed by atoms with Crippen molar-refractivity contribution in [3.63, 3.8) is 0 Å². The summed E-state index contributed by atoms with van der Waals surface area (Å²) in [5.74, 6) is -0.438. The van der Waals surface area contributed by atoms with Gasteiger partial charge >= 0.3 is 0 Å². The molecule has 0 fully saturated rings. The maximum atomic E-state index is 12.6. The number of nitrogens with zero attached hydrogens (tertiary/aromatic N) is 4. The van der Waals surface area contributed by atoms with Crippen LogP contribution < -0.4 is 4.80 Å². The van der Waals surface area contributed by atoms with Gasteiger partial charge in [0.2, 0.25) is 0 Å². The first-order valence-electron chi connectivity index (χ1n) is 8.87. The normalized spacial score (nSPS) is 12.8. The summed E-state index contributed by atoms with van der Waals surface area (Å²) >= 11 is 1.27. The lowest BCUT2D eigenvalue weighted by Crippen LogP contribution is -2.20. The molecule has 0 atom stereocenters. The van der Waals surface area contributed by atoms with Gasteiger partial charge in [0.1, 0.15) is 0 Å². The van der Waals surface area contributed by atoms with Crippen molar-refractivity contribution in [2.24, 2.45) is 4.99 Å². The van der Waals surface area contributed by atoms with Gasteiger partial charge in [-0.25, -0.2) is 8.42 Å². The molecule has 1 amide bonds. The Morgan fingerprint density at radius 3 is 2.71 bits per heavy atom. The van der Waals surface area contributed by atoms with Crippen LogP contribution in [0.4, 0.5) is 0 Å². The van der Waals surface area contributed by atoms with Crippen LogP contribution in [0.15, 0.2) is 40.4 Å². The van der Waals surface area contributed by atoms with Crippen LogP contribution in [0, 0.1) is 0 Å². The Balaban J connectivity index is 2.10. The molecule has 0 unspecified atom stereocenters. The lowest BCUT2D eigenvalue weighted by Gasteiger charge is -2.06. The summed E-state index contributed by atoms with van der Waals surface area (Å²) in [6.45, 7) is 6.06. The van der Waals surface area contributed by atoms with Crippen molar-refractivity contribution in [2.75, 3.05) is 19.5 Å². The van der Waals surface area contributed by atoms with E-state index in [0.717, 1.165) is 10.2 Å². The van der Waals surface area contributed by atoms with Crippen LogP contribution in [0.2, 0.25) is 0 Å². The number of ether oxygens (including phenoxy) is 1. The van der Waals surface area contributed by atoms with Crippen LogP contribution in [0.5, 0.6) is 0 Å². The number of benzene rings is 1. The molecule has 8 nitrogen and oxygen atoms in total. The van der Waals surface area contributed by atoms with Crippen molar-refractivity contribution in [1.82, 2.24) is 14.3 Å². The summed E-state index contributed by atoms with van der Waals surface area (Å²) in [6.07, 6.45) is 2.90. The molecule has 0 saturated carbocycles. The quantitative estimate of drug-likeness (QED) is 0.544. The molecule has 3 aromatic rings. The molecular formula is C18H22N4O4S2. The van der Waals surface area contributed by atoms with Gasteiger partial charge in [-0.15, -0.1) is 0 Å². The second-order valence-corrected chi connectivity index (χ2v) is 9.13. The van der Waals surface area contributed by atoms with E-state index in [2.05, 4.69) is 10.1 Å². The topological polar surface area (TPSA) is 95.6 Å². The van der Waals surface area contributed by atoms with Crippen molar-refractivity contribution in [1.29, 1.82) is 0 Å². The lowest BCUT2D eigenvalue weighted by molar-refractivity contribution is 0.0991. The standard InChI is InChI=1S/C18H22N4O4S2/c1-4-21-9-8-14(20-21)17(23)19-18-22(10-11-26-5-2)15-7-6-13(28(3,24)25)12-16(15)27-18/h6-9,12H,4-5,10-11H2,1-3H3. The molecular weight excluding hydrogens is 400 g/mol. The van der Waals surface area contributed by atoms with E-state index >= 15 is 0 Å². The van der Waals surface area contributed by atoms with Gasteiger partial charge in [-0.3, -0.25) is 9.48 Å². The van der Waals surface area contributed by atoms with E-state index in [4.69, 9.17) is 4.74 Å². The maximum Gasteiger partial charge on any atom is 0.300 e. The Morgan fingerprint density at radius 1 is 1.29 bits per heavy atom. The number of rotatable bonds is 7. The molecule has 0 aliphatic rings. The fraction of sp³-hybridized carbons (Fsp3) is 0.389. The second-order valence-electron chi connectivity index (χ2n) is 6.11. The highest BCUT2D eigenvalue weighted by Crippen LogP contribution is 2.22. The van der Waals surface area contributed by atoms with Crippen molar-refractivity contribution >= 4 is 37.3 Å². The molecule has 10 heteroatoms. The molecule has 0 radical (unpaired) electrons. The molecule has 0 spiro atoms. The first-order chi connectivity index (χ1) is 13.3. The number of hydrogen-bond donors (Lipinski definition) is 0. The predicted molar refractivity (Wildman–Crippen MR) is 107 cm³/mol. The maximum absolute atomic E-state index is 12.6. The van der Waals surface area contributed by atoms with Crippen molar-refractivity contribution in [3.8, 4) is 0 Å². The van der Waals surface area contributed by atoms with E-state index in [1.54, 1.807) is 35.1 Å². The molecule has 150 valence electrons. The number of aryl methyl sites for hydroxylation is 1. The molecule has 1 aromatic carbocycles. The fourth-order valence-corrected chi connectivity index (χ4v) is 4.50. The molecule has 0 aliphatic heterocycles. The minimum absolute atomic E-state index is 0.234. The average Bonchev–Trinajstić information content (AvgIpc) is 3.25. The van der Waals surface area contributed by atoms with Crippen molar-refractivity contribution in [2.45, 2.75) is 31.8 Å². The highest BCUT2D eigenvalue weighted by molar-refractivity contribution is 7.90. The molecule has 28 heavy (non-hydrogen) atoms. The first kappa shape index (κ1) is 20.4. The van der Waals surface area contributed by atoms with Crippen LogP contribution >= 0.6 is 11.3 Å². The number of aromatic nitrogens is 3. The van der Waals surface area contributed by atoms with Crippen LogP contribution in [0.1, 0.15) is 24.3 Å². The number of hydrogen-bond acceptors (Lipinski definition) is 6. The second kappa shape index (κ2) is 8.38. The third-order valence-electron chi connectivity index (χ3n) is 4.13. The molecule has 0 N–H and O–H groups in total. The van der Waals surface area contributed by atoms with Crippen LogP contribution in [0.25, 0.3) is 10.2 Å². The van der Waals surface area contributed by atoms with E-state index in [-0.39, 0.29) is 10.6 Å². The minimum atomic E-state index is -3.32. The summed E-state index contributed by atoms with van der Waals surface area (Å²) in [5, 5.41) is 4.19. The molecule has 2 heterocycles. The Morgan fingerprint density at radius 2 is 2.07 bits per heavy atom. The molecule has 0 bridgehead atoms. The van der Waals surface area contributed by atoms with Crippen molar-refractivity contribution < 1.29 is 17.9 Å². The van der Waals surface area contributed by atoms with Gasteiger partial charge in [-0.1, -0.05) is 11.3 Å². The number of amides is 1. The van der Waals surface area contributed by atoms with Gasteiger partial charge in [-0.05, 0) is 38.1 Å². The summed E-state index contributed by atoms with van der Waals surface area (Å²) in [4.78, 5) is 17.5. The van der Waals surface area contributed by atoms with E-state index in [9.17, 15) is 13.2 Å². The highest BCUT2D eigenvalue weighted by atomic mass is 32.2. The number of sulfone groups is 1. The van der Waals surface area contributed by atoms with E-state index in [0.29, 0.717) is 31.1 Å². The summed E-state index contributed by atoms with van der Waals surface area (Å²) < 4.78 is 33.4. The summed E-state index contributed by atoms with van der Waals surface area (Å²) in [6, 6.07) is 6.55. The average molecular weight is 423 g/mol. The Labute approximate surface area is 167 Å². The van der Waals surface area contributed by atoms with Gasteiger partial charge in [-0.2, -0.15) is 10.1 Å². The van der Waals surface area contributed by atoms with E-state index < -0.39 is 15.7 Å². The Kier molecular flexibility index (Phi) is 6.11. The Hall–Kier alpha value is -2.30.